The molecule has 6 nitrogen and oxygen atoms in total. The molecule has 2 aromatic heterocycles. The van der Waals surface area contributed by atoms with Crippen molar-refractivity contribution in [1.82, 2.24) is 25.0 Å². The first-order valence-corrected chi connectivity index (χ1v) is 9.47. The van der Waals surface area contributed by atoms with Crippen LogP contribution in [-0.2, 0) is 17.8 Å². The standard InChI is InChI=1S/C17H25N5OS/c1-14(17(23)19-7-6-16-5-3-9-24-16)21-8-2-4-15(10-21)11-22-13-18-12-20-22/h3,5,9,12-15H,2,4,6-8,10-11H2,1H3,(H,19,23)/t14-,15-/m0/s1. The fourth-order valence-electron chi connectivity index (χ4n) is 3.27. The van der Waals surface area contributed by atoms with Gasteiger partial charge in [-0.1, -0.05) is 6.07 Å². The summed E-state index contributed by atoms with van der Waals surface area (Å²) in [5.74, 6) is 0.662. The summed E-state index contributed by atoms with van der Waals surface area (Å²) in [6.07, 6.45) is 6.56. The van der Waals surface area contributed by atoms with Crippen LogP contribution in [0.2, 0.25) is 0 Å². The Morgan fingerprint density at radius 1 is 1.54 bits per heavy atom. The number of hydrogen-bond acceptors (Lipinski definition) is 5. The molecule has 7 heteroatoms. The van der Waals surface area contributed by atoms with Gasteiger partial charge in [-0.25, -0.2) is 4.98 Å². The maximum absolute atomic E-state index is 12.4. The van der Waals surface area contributed by atoms with Gasteiger partial charge in [-0.15, -0.1) is 11.3 Å². The van der Waals surface area contributed by atoms with Crippen LogP contribution in [0.5, 0.6) is 0 Å². The van der Waals surface area contributed by atoms with Crippen LogP contribution in [0.25, 0.3) is 0 Å². The molecule has 0 spiro atoms. The number of amides is 1. The van der Waals surface area contributed by atoms with E-state index in [2.05, 4.69) is 31.7 Å². The highest BCUT2D eigenvalue weighted by molar-refractivity contribution is 7.09. The molecule has 24 heavy (non-hydrogen) atoms. The molecule has 1 saturated heterocycles. The number of thiophene rings is 1. The first kappa shape index (κ1) is 17.1. The van der Waals surface area contributed by atoms with E-state index in [1.54, 1.807) is 24.0 Å². The molecular formula is C17H25N5OS. The second-order valence-electron chi connectivity index (χ2n) is 6.42. The second-order valence-corrected chi connectivity index (χ2v) is 7.45. The Hall–Kier alpha value is -1.73. The van der Waals surface area contributed by atoms with Crippen molar-refractivity contribution in [2.75, 3.05) is 19.6 Å². The van der Waals surface area contributed by atoms with Crippen LogP contribution in [0, 0.1) is 5.92 Å². The first-order valence-electron chi connectivity index (χ1n) is 8.59. The van der Waals surface area contributed by atoms with E-state index >= 15 is 0 Å². The molecule has 1 N–H and O–H groups in total. The Morgan fingerprint density at radius 2 is 2.46 bits per heavy atom. The van der Waals surface area contributed by atoms with Gasteiger partial charge in [0.1, 0.15) is 12.7 Å². The van der Waals surface area contributed by atoms with Crippen molar-refractivity contribution in [3.8, 4) is 0 Å². The molecule has 0 unspecified atom stereocenters. The summed E-state index contributed by atoms with van der Waals surface area (Å²) in [7, 11) is 0. The maximum Gasteiger partial charge on any atom is 0.237 e. The zero-order valence-corrected chi connectivity index (χ0v) is 14.9. The van der Waals surface area contributed by atoms with Crippen LogP contribution in [0.1, 0.15) is 24.6 Å². The summed E-state index contributed by atoms with van der Waals surface area (Å²) in [5, 5.41) is 9.34. The second kappa shape index (κ2) is 8.39. The summed E-state index contributed by atoms with van der Waals surface area (Å²) in [6, 6.07) is 4.08. The van der Waals surface area contributed by atoms with E-state index in [0.29, 0.717) is 12.5 Å². The van der Waals surface area contributed by atoms with Gasteiger partial charge < -0.3 is 5.32 Å². The minimum absolute atomic E-state index is 0.0770. The predicted molar refractivity (Wildman–Crippen MR) is 94.8 cm³/mol. The number of aromatic nitrogens is 3. The topological polar surface area (TPSA) is 63.1 Å². The van der Waals surface area contributed by atoms with Gasteiger partial charge in [0.05, 0.1) is 6.04 Å². The van der Waals surface area contributed by atoms with Crippen molar-refractivity contribution in [1.29, 1.82) is 0 Å². The van der Waals surface area contributed by atoms with Crippen LogP contribution >= 0.6 is 11.3 Å². The summed E-state index contributed by atoms with van der Waals surface area (Å²) in [6.45, 7) is 5.54. The lowest BCUT2D eigenvalue weighted by atomic mass is 9.96. The van der Waals surface area contributed by atoms with Crippen molar-refractivity contribution in [3.63, 3.8) is 0 Å². The minimum Gasteiger partial charge on any atom is -0.354 e. The van der Waals surface area contributed by atoms with Crippen LogP contribution in [0.3, 0.4) is 0 Å². The molecule has 2 aromatic rings. The van der Waals surface area contributed by atoms with E-state index in [1.165, 1.54) is 11.3 Å². The number of carbonyl (C=O) groups is 1. The Balaban J connectivity index is 1.44. The Labute approximate surface area is 146 Å². The van der Waals surface area contributed by atoms with Crippen molar-refractivity contribution in [3.05, 3.63) is 35.0 Å². The molecule has 3 heterocycles. The van der Waals surface area contributed by atoms with Crippen LogP contribution in [0.4, 0.5) is 0 Å². The van der Waals surface area contributed by atoms with Crippen molar-refractivity contribution in [2.24, 2.45) is 5.92 Å². The molecule has 1 fully saturated rings. The number of piperidine rings is 1. The average Bonchev–Trinajstić information content (AvgIpc) is 3.28. The van der Waals surface area contributed by atoms with Gasteiger partial charge in [0, 0.05) is 24.5 Å². The normalized spacial score (nSPS) is 20.0. The molecule has 1 aliphatic rings. The number of nitrogens with one attached hydrogen (secondary N) is 1. The first-order chi connectivity index (χ1) is 11.7. The molecular weight excluding hydrogens is 322 g/mol. The predicted octanol–water partition coefficient (Wildman–Crippen LogP) is 1.80. The van der Waals surface area contributed by atoms with Gasteiger partial charge in [0.15, 0.2) is 0 Å². The van der Waals surface area contributed by atoms with Crippen LogP contribution in [-0.4, -0.2) is 51.2 Å². The quantitative estimate of drug-likeness (QED) is 0.830. The minimum atomic E-state index is -0.0770. The van der Waals surface area contributed by atoms with Gasteiger partial charge >= 0.3 is 0 Å². The van der Waals surface area contributed by atoms with Crippen molar-refractivity contribution >= 4 is 17.2 Å². The summed E-state index contributed by atoms with van der Waals surface area (Å²) in [5.41, 5.74) is 0. The highest BCUT2D eigenvalue weighted by atomic mass is 32.1. The van der Waals surface area contributed by atoms with Gasteiger partial charge in [-0.3, -0.25) is 14.4 Å². The molecule has 3 rings (SSSR count). The van der Waals surface area contributed by atoms with E-state index in [-0.39, 0.29) is 11.9 Å². The number of nitrogens with zero attached hydrogens (tertiary/aromatic N) is 4. The average molecular weight is 347 g/mol. The van der Waals surface area contributed by atoms with Gasteiger partial charge in [-0.05, 0) is 50.1 Å². The number of rotatable bonds is 7. The number of carbonyl (C=O) groups excluding carboxylic acids is 1. The largest absolute Gasteiger partial charge is 0.354 e. The van der Waals surface area contributed by atoms with E-state index in [0.717, 1.165) is 32.5 Å². The summed E-state index contributed by atoms with van der Waals surface area (Å²) >= 11 is 1.74. The molecule has 1 amide bonds. The molecule has 0 bridgehead atoms. The third kappa shape index (κ3) is 4.64. The van der Waals surface area contributed by atoms with Crippen molar-refractivity contribution in [2.45, 2.75) is 38.8 Å². The number of hydrogen-bond donors (Lipinski definition) is 1. The van der Waals surface area contributed by atoms with E-state index < -0.39 is 0 Å². The van der Waals surface area contributed by atoms with E-state index in [9.17, 15) is 4.79 Å². The van der Waals surface area contributed by atoms with Gasteiger partial charge in [0.25, 0.3) is 0 Å². The van der Waals surface area contributed by atoms with Gasteiger partial charge in [-0.2, -0.15) is 5.10 Å². The monoisotopic (exact) mass is 347 g/mol. The van der Waals surface area contributed by atoms with E-state index in [4.69, 9.17) is 0 Å². The zero-order valence-electron chi connectivity index (χ0n) is 14.1. The smallest absolute Gasteiger partial charge is 0.237 e. The lowest BCUT2D eigenvalue weighted by molar-refractivity contribution is -0.126. The number of likely N-dealkylation sites (tertiary alicyclic amines) is 1. The van der Waals surface area contributed by atoms with Crippen LogP contribution in [0.15, 0.2) is 30.2 Å². The molecule has 0 aliphatic carbocycles. The van der Waals surface area contributed by atoms with Crippen molar-refractivity contribution < 1.29 is 4.79 Å². The molecule has 1 aliphatic heterocycles. The third-order valence-corrected chi connectivity index (χ3v) is 5.58. The molecule has 0 aromatic carbocycles. The molecule has 130 valence electrons. The SMILES string of the molecule is C[C@@H](C(=O)NCCc1cccs1)N1CCC[C@H](Cn2cncn2)C1. The van der Waals surface area contributed by atoms with E-state index in [1.807, 2.05) is 17.7 Å². The maximum atomic E-state index is 12.4. The lowest BCUT2D eigenvalue weighted by Gasteiger charge is -2.36. The highest BCUT2D eigenvalue weighted by Gasteiger charge is 2.27. The fraction of sp³-hybridized carbons (Fsp3) is 0.588. The highest BCUT2D eigenvalue weighted by Crippen LogP contribution is 2.20. The molecule has 0 saturated carbocycles. The fourth-order valence-corrected chi connectivity index (χ4v) is 3.98. The van der Waals surface area contributed by atoms with Gasteiger partial charge in [0.2, 0.25) is 5.91 Å². The van der Waals surface area contributed by atoms with Crippen LogP contribution < -0.4 is 5.32 Å². The zero-order chi connectivity index (χ0) is 16.8. The molecule has 2 atom stereocenters. The molecule has 0 radical (unpaired) electrons. The summed E-state index contributed by atoms with van der Waals surface area (Å²) < 4.78 is 1.89. The lowest BCUT2D eigenvalue weighted by Crippen LogP contribution is -2.49. The Morgan fingerprint density at radius 3 is 3.21 bits per heavy atom. The summed E-state index contributed by atoms with van der Waals surface area (Å²) in [4.78, 5) is 20.0. The third-order valence-electron chi connectivity index (χ3n) is 4.64. The Kier molecular flexibility index (Phi) is 5.98. The Bertz CT molecular complexity index is 613.